The Hall–Kier alpha value is -1.12. The lowest BCUT2D eigenvalue weighted by molar-refractivity contribution is -0.144. The quantitative estimate of drug-likeness (QED) is 0.755. The van der Waals surface area contributed by atoms with Crippen LogP contribution in [0, 0.1) is 0 Å². The zero-order chi connectivity index (χ0) is 14.2. The predicted octanol–water partition coefficient (Wildman–Crippen LogP) is 0.400. The van der Waals surface area contributed by atoms with Crippen molar-refractivity contribution < 1.29 is 17.9 Å². The van der Waals surface area contributed by atoms with Gasteiger partial charge in [0.05, 0.1) is 18.3 Å². The number of methoxy groups -OCH3 is 1. The van der Waals surface area contributed by atoms with Crippen LogP contribution in [0.4, 0.5) is 0 Å². The fourth-order valence-corrected chi connectivity index (χ4v) is 4.46. The van der Waals surface area contributed by atoms with Crippen LogP contribution in [0.2, 0.25) is 5.02 Å². The van der Waals surface area contributed by atoms with E-state index in [0.717, 1.165) is 4.31 Å². The van der Waals surface area contributed by atoms with Gasteiger partial charge in [0, 0.05) is 13.6 Å². The van der Waals surface area contributed by atoms with E-state index in [4.69, 9.17) is 11.6 Å². The first-order chi connectivity index (χ1) is 8.89. The number of hydrogen-bond donors (Lipinski definition) is 0. The Morgan fingerprint density at radius 1 is 1.58 bits per heavy atom. The van der Waals surface area contributed by atoms with Crippen molar-refractivity contribution in [2.75, 3.05) is 13.7 Å². The number of ether oxygens (including phenoxy) is 1. The first kappa shape index (κ1) is 14.3. The first-order valence-corrected chi connectivity index (χ1v) is 7.48. The number of hydrogen-bond acceptors (Lipinski definition) is 5. The van der Waals surface area contributed by atoms with E-state index in [1.807, 2.05) is 0 Å². The summed E-state index contributed by atoms with van der Waals surface area (Å²) >= 11 is 5.86. The molecule has 1 atom stereocenters. The Morgan fingerprint density at radius 3 is 2.79 bits per heavy atom. The summed E-state index contributed by atoms with van der Waals surface area (Å²) in [6.45, 7) is 0.267. The summed E-state index contributed by atoms with van der Waals surface area (Å²) in [4.78, 5) is 11.6. The summed E-state index contributed by atoms with van der Waals surface area (Å²) in [7, 11) is -1.13. The predicted molar refractivity (Wildman–Crippen MR) is 67.1 cm³/mol. The number of carbonyl (C=O) groups excluding carboxylic acids is 1. The fraction of sp³-hybridized carbons (Fsp3) is 0.600. The van der Waals surface area contributed by atoms with Gasteiger partial charge < -0.3 is 4.74 Å². The van der Waals surface area contributed by atoms with E-state index in [-0.39, 0.29) is 16.6 Å². The monoisotopic (exact) mass is 307 g/mol. The molecule has 0 spiro atoms. The molecule has 0 bridgehead atoms. The molecule has 1 saturated heterocycles. The maximum Gasteiger partial charge on any atom is 0.324 e. The largest absolute Gasteiger partial charge is 0.468 e. The standard InChI is InChI=1S/C10H14ClN3O4S/c1-13-9(7(11)6-12-13)19(16,17)14-5-3-4-8(14)10(15)18-2/h6,8H,3-5H2,1-2H3. The molecule has 1 fully saturated rings. The number of rotatable bonds is 3. The number of sulfonamides is 1. The maximum atomic E-state index is 12.5. The molecule has 0 aromatic carbocycles. The van der Waals surface area contributed by atoms with E-state index >= 15 is 0 Å². The number of halogens is 1. The molecule has 1 aliphatic rings. The summed E-state index contributed by atoms with van der Waals surface area (Å²) in [5.74, 6) is -0.556. The van der Waals surface area contributed by atoms with E-state index in [1.165, 1.54) is 25.0 Å². The fourth-order valence-electron chi connectivity index (χ4n) is 2.20. The van der Waals surface area contributed by atoms with Crippen molar-refractivity contribution in [3.63, 3.8) is 0 Å². The Morgan fingerprint density at radius 2 is 2.26 bits per heavy atom. The molecule has 1 unspecified atom stereocenters. The average molecular weight is 308 g/mol. The smallest absolute Gasteiger partial charge is 0.324 e. The van der Waals surface area contributed by atoms with Gasteiger partial charge in [-0.2, -0.15) is 9.40 Å². The van der Waals surface area contributed by atoms with Gasteiger partial charge in [-0.25, -0.2) is 8.42 Å². The van der Waals surface area contributed by atoms with Crippen LogP contribution < -0.4 is 0 Å². The second-order valence-corrected chi connectivity index (χ2v) is 6.43. The van der Waals surface area contributed by atoms with Gasteiger partial charge in [0.1, 0.15) is 6.04 Å². The normalized spacial score (nSPS) is 20.7. The summed E-state index contributed by atoms with van der Waals surface area (Å²) in [5.41, 5.74) is 0. The van der Waals surface area contributed by atoms with E-state index in [2.05, 4.69) is 9.84 Å². The molecular weight excluding hydrogens is 294 g/mol. The highest BCUT2D eigenvalue weighted by molar-refractivity contribution is 7.89. The van der Waals surface area contributed by atoms with Crippen molar-refractivity contribution in [2.45, 2.75) is 23.9 Å². The van der Waals surface area contributed by atoms with Crippen LogP contribution in [0.5, 0.6) is 0 Å². The van der Waals surface area contributed by atoms with Gasteiger partial charge in [-0.05, 0) is 12.8 Å². The minimum Gasteiger partial charge on any atom is -0.468 e. The minimum atomic E-state index is -3.86. The highest BCUT2D eigenvalue weighted by Gasteiger charge is 2.42. The van der Waals surface area contributed by atoms with Gasteiger partial charge in [0.15, 0.2) is 5.03 Å². The van der Waals surface area contributed by atoms with Gasteiger partial charge in [-0.3, -0.25) is 9.48 Å². The zero-order valence-corrected chi connectivity index (χ0v) is 12.1. The molecule has 106 valence electrons. The molecule has 2 heterocycles. The van der Waals surface area contributed by atoms with Crippen molar-refractivity contribution in [1.82, 2.24) is 14.1 Å². The third kappa shape index (κ3) is 2.35. The van der Waals surface area contributed by atoms with Crippen molar-refractivity contribution in [3.05, 3.63) is 11.2 Å². The number of esters is 1. The molecule has 9 heteroatoms. The van der Waals surface area contributed by atoms with Crippen LogP contribution in [-0.4, -0.2) is 48.2 Å². The van der Waals surface area contributed by atoms with Crippen molar-refractivity contribution in [3.8, 4) is 0 Å². The Balaban J connectivity index is 2.43. The van der Waals surface area contributed by atoms with Crippen LogP contribution in [0.15, 0.2) is 11.2 Å². The topological polar surface area (TPSA) is 81.5 Å². The lowest BCUT2D eigenvalue weighted by atomic mass is 10.2. The summed E-state index contributed by atoms with van der Waals surface area (Å²) in [6, 6.07) is -0.791. The Bertz CT molecular complexity index is 578. The van der Waals surface area contributed by atoms with Crippen LogP contribution in [0.25, 0.3) is 0 Å². The SMILES string of the molecule is COC(=O)C1CCCN1S(=O)(=O)c1c(Cl)cnn1C. The number of aromatic nitrogens is 2. The van der Waals surface area contributed by atoms with Crippen molar-refractivity contribution in [1.29, 1.82) is 0 Å². The lowest BCUT2D eigenvalue weighted by Crippen LogP contribution is -2.41. The van der Waals surface area contributed by atoms with Crippen molar-refractivity contribution in [2.24, 2.45) is 7.05 Å². The number of aryl methyl sites for hydroxylation is 1. The summed E-state index contributed by atoms with van der Waals surface area (Å²) < 4.78 is 32.0. The second-order valence-electron chi connectivity index (χ2n) is 4.22. The highest BCUT2D eigenvalue weighted by Crippen LogP contribution is 2.30. The molecule has 1 aliphatic heterocycles. The zero-order valence-electron chi connectivity index (χ0n) is 10.5. The minimum absolute atomic E-state index is 0.0398. The average Bonchev–Trinajstić information content (AvgIpc) is 2.95. The molecule has 0 radical (unpaired) electrons. The van der Waals surface area contributed by atoms with E-state index < -0.39 is 22.0 Å². The Kier molecular flexibility index (Phi) is 3.84. The third-order valence-electron chi connectivity index (χ3n) is 3.07. The van der Waals surface area contributed by atoms with Crippen molar-refractivity contribution >= 4 is 27.6 Å². The van der Waals surface area contributed by atoms with Crippen LogP contribution >= 0.6 is 11.6 Å². The van der Waals surface area contributed by atoms with Gasteiger partial charge in [-0.15, -0.1) is 0 Å². The van der Waals surface area contributed by atoms with Gasteiger partial charge in [0.25, 0.3) is 10.0 Å². The molecule has 0 N–H and O–H groups in total. The number of nitrogens with zero attached hydrogens (tertiary/aromatic N) is 3. The second kappa shape index (κ2) is 5.10. The van der Waals surface area contributed by atoms with Gasteiger partial charge in [0.2, 0.25) is 0 Å². The molecule has 0 amide bonds. The first-order valence-electron chi connectivity index (χ1n) is 5.66. The third-order valence-corrected chi connectivity index (χ3v) is 5.49. The van der Waals surface area contributed by atoms with E-state index in [0.29, 0.717) is 12.8 Å². The van der Waals surface area contributed by atoms with Gasteiger partial charge in [-0.1, -0.05) is 11.6 Å². The molecule has 2 rings (SSSR count). The van der Waals surface area contributed by atoms with E-state index in [1.54, 1.807) is 0 Å². The molecule has 0 aliphatic carbocycles. The maximum absolute atomic E-state index is 12.5. The molecular formula is C10H14ClN3O4S. The lowest BCUT2D eigenvalue weighted by Gasteiger charge is -2.22. The molecule has 1 aromatic rings. The van der Waals surface area contributed by atoms with Crippen LogP contribution in [0.3, 0.4) is 0 Å². The Labute approximate surface area is 116 Å². The molecule has 1 aromatic heterocycles. The van der Waals surface area contributed by atoms with Crippen LogP contribution in [0.1, 0.15) is 12.8 Å². The molecule has 19 heavy (non-hydrogen) atoms. The van der Waals surface area contributed by atoms with Gasteiger partial charge >= 0.3 is 5.97 Å². The molecule has 7 nitrogen and oxygen atoms in total. The summed E-state index contributed by atoms with van der Waals surface area (Å²) in [5, 5.41) is 3.74. The van der Waals surface area contributed by atoms with E-state index in [9.17, 15) is 13.2 Å². The highest BCUT2D eigenvalue weighted by atomic mass is 35.5. The van der Waals surface area contributed by atoms with Crippen LogP contribution in [-0.2, 0) is 26.6 Å². The number of carbonyl (C=O) groups is 1. The summed E-state index contributed by atoms with van der Waals surface area (Å²) in [6.07, 6.45) is 2.31. The molecule has 0 saturated carbocycles.